The minimum Gasteiger partial charge on any atom is -0.389 e. The molecule has 0 radical (unpaired) electrons. The van der Waals surface area contributed by atoms with Crippen molar-refractivity contribution in [3.8, 4) is 11.1 Å². The van der Waals surface area contributed by atoms with Gasteiger partial charge in [0.2, 0.25) is 5.95 Å². The van der Waals surface area contributed by atoms with Gasteiger partial charge in [-0.1, -0.05) is 35.1 Å². The molecule has 4 N–H and O–H groups in total. The van der Waals surface area contributed by atoms with Gasteiger partial charge in [-0.25, -0.2) is 14.4 Å². The van der Waals surface area contributed by atoms with Gasteiger partial charge in [0.05, 0.1) is 21.3 Å². The third-order valence-corrected chi connectivity index (χ3v) is 7.27. The Balaban J connectivity index is 1.60. The zero-order valence-corrected chi connectivity index (χ0v) is 19.1. The maximum atomic E-state index is 16.2. The summed E-state index contributed by atoms with van der Waals surface area (Å²) in [6.07, 6.45) is -0.426. The molecule has 4 aromatic rings. The number of hydrogen-bond donors (Lipinski definition) is 3. The molecule has 0 spiro atoms. The third kappa shape index (κ3) is 3.45. The van der Waals surface area contributed by atoms with Crippen LogP contribution in [0.2, 0.25) is 5.02 Å². The Morgan fingerprint density at radius 1 is 1.12 bits per heavy atom. The van der Waals surface area contributed by atoms with E-state index in [1.54, 1.807) is 12.1 Å². The molecule has 8 nitrogen and oxygen atoms in total. The van der Waals surface area contributed by atoms with Gasteiger partial charge in [0.25, 0.3) is 0 Å². The lowest BCUT2D eigenvalue weighted by atomic mass is 10.0. The summed E-state index contributed by atoms with van der Waals surface area (Å²) < 4.78 is 17.1. The van der Waals surface area contributed by atoms with Crippen molar-refractivity contribution in [2.45, 2.75) is 6.10 Å². The number of anilines is 3. The molecule has 0 atom stereocenters. The van der Waals surface area contributed by atoms with Gasteiger partial charge in [-0.15, -0.1) is 0 Å². The molecule has 6 rings (SSSR count). The van der Waals surface area contributed by atoms with Crippen molar-refractivity contribution >= 4 is 61.0 Å². The maximum absolute atomic E-state index is 16.2. The number of hydrogen-bond acceptors (Lipinski definition) is 9. The number of benzene rings is 2. The van der Waals surface area contributed by atoms with Crippen molar-refractivity contribution < 1.29 is 9.50 Å². The van der Waals surface area contributed by atoms with Crippen LogP contribution in [-0.2, 0) is 0 Å². The van der Waals surface area contributed by atoms with Crippen molar-refractivity contribution in [2.75, 3.05) is 54.8 Å². The van der Waals surface area contributed by atoms with Gasteiger partial charge in [0.1, 0.15) is 11.3 Å². The number of aliphatic hydroxyl groups is 1. The molecule has 0 unspecified atom stereocenters. The molecule has 0 aliphatic carbocycles. The molecule has 170 valence electrons. The summed E-state index contributed by atoms with van der Waals surface area (Å²) in [6, 6.07) is 7.28. The molecule has 11 heteroatoms. The largest absolute Gasteiger partial charge is 0.389 e. The van der Waals surface area contributed by atoms with E-state index in [1.807, 2.05) is 17.0 Å². The lowest BCUT2D eigenvalue weighted by Crippen LogP contribution is -2.51. The van der Waals surface area contributed by atoms with E-state index >= 15 is 4.39 Å². The SMILES string of the molecule is Nc1nc2c(-c3c(Cl)cc4c(N5CCNCC5)nc(N5CC(O)C5)nc4c3F)cccc2s1. The van der Waals surface area contributed by atoms with Crippen LogP contribution in [0.15, 0.2) is 24.3 Å². The molecule has 4 heterocycles. The van der Waals surface area contributed by atoms with Crippen LogP contribution in [0.25, 0.3) is 32.2 Å². The molecular formula is C22H21ClFN7OS. The number of aromatic nitrogens is 3. The first kappa shape index (κ1) is 20.8. The second-order valence-corrected chi connectivity index (χ2v) is 9.76. The van der Waals surface area contributed by atoms with E-state index in [9.17, 15) is 5.11 Å². The van der Waals surface area contributed by atoms with Crippen LogP contribution in [0.3, 0.4) is 0 Å². The number of nitrogens with one attached hydrogen (secondary N) is 1. The lowest BCUT2D eigenvalue weighted by Gasteiger charge is -2.37. The highest BCUT2D eigenvalue weighted by Crippen LogP contribution is 2.42. The standard InChI is InChI=1S/C22H21ClFN7OS/c23-14-8-13-19(17(24)16(14)12-2-1-3-15-18(12)27-21(25)33-15)28-22(31-9-11(32)10-31)29-20(13)30-6-4-26-5-7-30/h1-3,8,11,26,32H,4-7,9-10H2,(H2,25,27). The number of nitrogens with zero attached hydrogens (tertiary/aromatic N) is 5. The highest BCUT2D eigenvalue weighted by molar-refractivity contribution is 7.22. The van der Waals surface area contributed by atoms with Crippen LogP contribution in [0.1, 0.15) is 0 Å². The zero-order valence-electron chi connectivity index (χ0n) is 17.6. The number of para-hydroxylation sites is 1. The molecule has 33 heavy (non-hydrogen) atoms. The van der Waals surface area contributed by atoms with Crippen LogP contribution in [0, 0.1) is 5.82 Å². The van der Waals surface area contributed by atoms with Gasteiger partial charge >= 0.3 is 0 Å². The first-order chi connectivity index (χ1) is 16.0. The van der Waals surface area contributed by atoms with E-state index < -0.39 is 11.9 Å². The predicted molar refractivity (Wildman–Crippen MR) is 131 cm³/mol. The van der Waals surface area contributed by atoms with E-state index in [0.29, 0.717) is 46.5 Å². The minimum absolute atomic E-state index is 0.203. The van der Waals surface area contributed by atoms with Crippen LogP contribution < -0.4 is 20.9 Å². The molecule has 2 aromatic carbocycles. The molecule has 2 fully saturated rings. The number of nitrogen functional groups attached to an aromatic ring is 1. The monoisotopic (exact) mass is 485 g/mol. The summed E-state index contributed by atoms with van der Waals surface area (Å²) >= 11 is 8.04. The van der Waals surface area contributed by atoms with E-state index in [4.69, 9.17) is 22.3 Å². The number of rotatable bonds is 3. The maximum Gasteiger partial charge on any atom is 0.228 e. The summed E-state index contributed by atoms with van der Waals surface area (Å²) in [5, 5.41) is 14.4. The normalized spacial score (nSPS) is 17.2. The summed E-state index contributed by atoms with van der Waals surface area (Å²) in [7, 11) is 0. The highest BCUT2D eigenvalue weighted by atomic mass is 35.5. The Bertz CT molecular complexity index is 1380. The van der Waals surface area contributed by atoms with E-state index in [1.165, 1.54) is 11.3 Å². The Morgan fingerprint density at radius 2 is 1.91 bits per heavy atom. The Hall–Kier alpha value is -2.79. The average Bonchev–Trinajstić information content (AvgIpc) is 3.18. The van der Waals surface area contributed by atoms with Crippen molar-refractivity contribution in [3.05, 3.63) is 35.1 Å². The predicted octanol–water partition coefficient (Wildman–Crippen LogP) is 2.87. The van der Waals surface area contributed by atoms with E-state index in [2.05, 4.69) is 20.2 Å². The number of β-amino-alcohol motifs (C(OH)–C–C–N with tert-alkyl or cyclic N) is 1. The first-order valence-electron chi connectivity index (χ1n) is 10.7. The Labute approximate surface area is 197 Å². The van der Waals surface area contributed by atoms with Crippen molar-refractivity contribution in [2.24, 2.45) is 0 Å². The van der Waals surface area contributed by atoms with Crippen molar-refractivity contribution in [1.29, 1.82) is 0 Å². The van der Waals surface area contributed by atoms with Gasteiger partial charge in [0.15, 0.2) is 10.9 Å². The van der Waals surface area contributed by atoms with Crippen LogP contribution in [0.5, 0.6) is 0 Å². The third-order valence-electron chi connectivity index (χ3n) is 6.12. The summed E-state index contributed by atoms with van der Waals surface area (Å²) in [6.45, 7) is 3.95. The number of thiazole rings is 1. The molecule has 2 aromatic heterocycles. The van der Waals surface area contributed by atoms with Gasteiger partial charge in [-0.05, 0) is 12.1 Å². The Kier molecular flexibility index (Phi) is 4.98. The molecule has 2 aliphatic heterocycles. The number of nitrogens with two attached hydrogens (primary N) is 1. The van der Waals surface area contributed by atoms with E-state index in [0.717, 1.165) is 30.9 Å². The quantitative estimate of drug-likeness (QED) is 0.407. The number of halogens is 2. The molecule has 2 aliphatic rings. The summed E-state index contributed by atoms with van der Waals surface area (Å²) in [5.41, 5.74) is 7.56. The fraction of sp³-hybridized carbons (Fsp3) is 0.318. The molecule has 2 saturated heterocycles. The molecule has 0 amide bonds. The number of fused-ring (bicyclic) bond motifs is 2. The lowest BCUT2D eigenvalue weighted by molar-refractivity contribution is 0.140. The first-order valence-corrected chi connectivity index (χ1v) is 11.9. The average molecular weight is 486 g/mol. The molecule has 0 saturated carbocycles. The van der Waals surface area contributed by atoms with Crippen molar-refractivity contribution in [3.63, 3.8) is 0 Å². The van der Waals surface area contributed by atoms with Crippen LogP contribution >= 0.6 is 22.9 Å². The fourth-order valence-electron chi connectivity index (χ4n) is 4.46. The van der Waals surface area contributed by atoms with Crippen molar-refractivity contribution in [1.82, 2.24) is 20.3 Å². The molecule has 0 bridgehead atoms. The second-order valence-electron chi connectivity index (χ2n) is 8.29. The minimum atomic E-state index is -0.516. The number of aliphatic hydroxyl groups excluding tert-OH is 1. The Morgan fingerprint density at radius 3 is 2.67 bits per heavy atom. The smallest absolute Gasteiger partial charge is 0.228 e. The van der Waals surface area contributed by atoms with Crippen LogP contribution in [-0.4, -0.2) is 65.4 Å². The van der Waals surface area contributed by atoms with Gasteiger partial charge in [-0.3, -0.25) is 0 Å². The topological polar surface area (TPSA) is 103 Å². The zero-order chi connectivity index (χ0) is 22.7. The fourth-order valence-corrected chi connectivity index (χ4v) is 5.52. The van der Waals surface area contributed by atoms with E-state index in [-0.39, 0.29) is 16.1 Å². The van der Waals surface area contributed by atoms with Gasteiger partial charge in [0, 0.05) is 55.8 Å². The van der Waals surface area contributed by atoms with Crippen LogP contribution in [0.4, 0.5) is 21.3 Å². The second kappa shape index (κ2) is 7.91. The molecular weight excluding hydrogens is 465 g/mol. The highest BCUT2D eigenvalue weighted by Gasteiger charge is 2.30. The number of piperazine rings is 1. The van der Waals surface area contributed by atoms with Gasteiger partial charge in [-0.2, -0.15) is 4.98 Å². The summed E-state index contributed by atoms with van der Waals surface area (Å²) in [4.78, 5) is 17.7. The van der Waals surface area contributed by atoms with Gasteiger partial charge < -0.3 is 26.0 Å². The summed E-state index contributed by atoms with van der Waals surface area (Å²) in [5.74, 6) is 0.545.